The van der Waals surface area contributed by atoms with E-state index in [1.54, 1.807) is 31.3 Å². The smallest absolute Gasteiger partial charge is 0.376 e. The van der Waals surface area contributed by atoms with Crippen LogP contribution >= 0.6 is 7.60 Å². The molecule has 0 aliphatic rings. The number of rotatable bonds is 6. The molecular formula is C10H16NO3P. The summed E-state index contributed by atoms with van der Waals surface area (Å²) in [6.07, 6.45) is 0.792. The molecule has 0 aromatic heterocycles. The van der Waals surface area contributed by atoms with Crippen LogP contribution in [0.3, 0.4) is 0 Å². The number of benzene rings is 1. The lowest BCUT2D eigenvalue weighted by Gasteiger charge is -2.12. The lowest BCUT2D eigenvalue weighted by atomic mass is 10.3. The van der Waals surface area contributed by atoms with Gasteiger partial charge in [0.15, 0.2) is 0 Å². The van der Waals surface area contributed by atoms with Crippen molar-refractivity contribution in [1.82, 2.24) is 5.32 Å². The predicted octanol–water partition coefficient (Wildman–Crippen LogP) is 1.86. The van der Waals surface area contributed by atoms with E-state index in [9.17, 15) is 9.46 Å². The average molecular weight is 229 g/mol. The monoisotopic (exact) mass is 229 g/mol. The van der Waals surface area contributed by atoms with E-state index in [1.165, 1.54) is 0 Å². The van der Waals surface area contributed by atoms with Crippen molar-refractivity contribution in [3.63, 3.8) is 0 Å². The van der Waals surface area contributed by atoms with Crippen LogP contribution in [0.15, 0.2) is 30.3 Å². The van der Waals surface area contributed by atoms with Gasteiger partial charge < -0.3 is 14.7 Å². The maximum absolute atomic E-state index is 11.6. The third kappa shape index (κ3) is 4.98. The summed E-state index contributed by atoms with van der Waals surface area (Å²) in [5.74, 6) is 0.438. The van der Waals surface area contributed by atoms with E-state index in [4.69, 9.17) is 4.52 Å². The van der Waals surface area contributed by atoms with E-state index in [0.717, 1.165) is 0 Å². The summed E-state index contributed by atoms with van der Waals surface area (Å²) in [5.41, 5.74) is 0. The van der Waals surface area contributed by atoms with E-state index < -0.39 is 7.60 Å². The highest BCUT2D eigenvalue weighted by molar-refractivity contribution is 7.53. The van der Waals surface area contributed by atoms with Gasteiger partial charge in [0.2, 0.25) is 0 Å². The molecule has 0 heterocycles. The zero-order valence-corrected chi connectivity index (χ0v) is 9.61. The van der Waals surface area contributed by atoms with E-state index in [1.807, 2.05) is 6.07 Å². The predicted molar refractivity (Wildman–Crippen MR) is 60.3 cm³/mol. The molecule has 0 saturated heterocycles. The number of para-hydroxylation sites is 1. The molecule has 0 spiro atoms. The van der Waals surface area contributed by atoms with Crippen LogP contribution in [-0.4, -0.2) is 24.6 Å². The third-order valence-corrected chi connectivity index (χ3v) is 3.24. The summed E-state index contributed by atoms with van der Waals surface area (Å²) in [4.78, 5) is 9.50. The first kappa shape index (κ1) is 12.2. The molecule has 4 nitrogen and oxygen atoms in total. The standard InChI is InChI=1S/C10H16NO3P/c1-11-8-5-9-15(12,13)14-10-6-3-2-4-7-10/h2-4,6-7,11H,5,8-9H2,1H3,(H,12,13). The number of hydrogen-bond donors (Lipinski definition) is 2. The Labute approximate surface area is 89.8 Å². The lowest BCUT2D eigenvalue weighted by Crippen LogP contribution is -2.10. The molecule has 5 heteroatoms. The molecule has 2 N–H and O–H groups in total. The van der Waals surface area contributed by atoms with Gasteiger partial charge in [0.05, 0.1) is 6.16 Å². The van der Waals surface area contributed by atoms with Crippen LogP contribution in [0.5, 0.6) is 5.75 Å². The molecule has 0 saturated carbocycles. The van der Waals surface area contributed by atoms with Gasteiger partial charge in [0.25, 0.3) is 0 Å². The summed E-state index contributed by atoms with van der Waals surface area (Å²) < 4.78 is 16.6. The van der Waals surface area contributed by atoms with Crippen molar-refractivity contribution in [3.8, 4) is 5.75 Å². The molecule has 0 aliphatic heterocycles. The van der Waals surface area contributed by atoms with Crippen molar-refractivity contribution < 1.29 is 14.0 Å². The summed E-state index contributed by atoms with van der Waals surface area (Å²) in [6.45, 7) is 0.711. The number of hydrogen-bond acceptors (Lipinski definition) is 3. The van der Waals surface area contributed by atoms with E-state index in [2.05, 4.69) is 5.32 Å². The fourth-order valence-corrected chi connectivity index (χ4v) is 2.25. The topological polar surface area (TPSA) is 58.6 Å². The van der Waals surface area contributed by atoms with Crippen LogP contribution in [0.4, 0.5) is 0 Å². The second-order valence-corrected chi connectivity index (χ2v) is 5.13. The molecule has 1 aromatic rings. The van der Waals surface area contributed by atoms with E-state index in [-0.39, 0.29) is 6.16 Å². The highest BCUT2D eigenvalue weighted by Gasteiger charge is 2.19. The second kappa shape index (κ2) is 5.91. The summed E-state index contributed by atoms with van der Waals surface area (Å²) >= 11 is 0. The number of nitrogens with one attached hydrogen (secondary N) is 1. The van der Waals surface area contributed by atoms with Crippen molar-refractivity contribution >= 4 is 7.60 Å². The Morgan fingerprint density at radius 1 is 1.40 bits per heavy atom. The Kier molecular flexibility index (Phi) is 4.82. The minimum absolute atomic E-state index is 0.169. The SMILES string of the molecule is CNCCCP(=O)(O)Oc1ccccc1. The van der Waals surface area contributed by atoms with Crippen molar-refractivity contribution in [2.24, 2.45) is 0 Å². The van der Waals surface area contributed by atoms with Crippen molar-refractivity contribution in [1.29, 1.82) is 0 Å². The largest absolute Gasteiger partial charge is 0.424 e. The zero-order valence-electron chi connectivity index (χ0n) is 8.72. The van der Waals surface area contributed by atoms with Gasteiger partial charge in [-0.2, -0.15) is 0 Å². The Balaban J connectivity index is 2.46. The molecular weight excluding hydrogens is 213 g/mol. The molecule has 0 bridgehead atoms. The van der Waals surface area contributed by atoms with Crippen LogP contribution in [0, 0.1) is 0 Å². The molecule has 1 unspecified atom stereocenters. The second-order valence-electron chi connectivity index (χ2n) is 3.22. The van der Waals surface area contributed by atoms with Gasteiger partial charge in [0, 0.05) is 0 Å². The average Bonchev–Trinajstić information content (AvgIpc) is 2.18. The van der Waals surface area contributed by atoms with Crippen molar-refractivity contribution in [2.45, 2.75) is 6.42 Å². The summed E-state index contributed by atoms with van der Waals surface area (Å²) in [6, 6.07) is 8.70. The van der Waals surface area contributed by atoms with Crippen molar-refractivity contribution in [3.05, 3.63) is 30.3 Å². The molecule has 84 valence electrons. The maximum Gasteiger partial charge on any atom is 0.376 e. The normalized spacial score (nSPS) is 14.5. The lowest BCUT2D eigenvalue weighted by molar-refractivity contribution is 0.378. The third-order valence-electron chi connectivity index (χ3n) is 1.86. The Hall–Kier alpha value is -0.830. The Morgan fingerprint density at radius 3 is 2.67 bits per heavy atom. The van der Waals surface area contributed by atoms with Gasteiger partial charge in [-0.15, -0.1) is 0 Å². The maximum atomic E-state index is 11.6. The zero-order chi connectivity index (χ0) is 11.1. The van der Waals surface area contributed by atoms with Gasteiger partial charge in [0.1, 0.15) is 5.75 Å². The molecule has 1 aromatic carbocycles. The minimum atomic E-state index is -3.48. The van der Waals surface area contributed by atoms with Crippen LogP contribution in [-0.2, 0) is 4.57 Å². The highest BCUT2D eigenvalue weighted by atomic mass is 31.2. The fraction of sp³-hybridized carbons (Fsp3) is 0.400. The Morgan fingerprint density at radius 2 is 2.07 bits per heavy atom. The highest BCUT2D eigenvalue weighted by Crippen LogP contribution is 2.42. The van der Waals surface area contributed by atoms with Gasteiger partial charge in [-0.25, -0.2) is 4.57 Å². The van der Waals surface area contributed by atoms with Gasteiger partial charge in [-0.3, -0.25) is 0 Å². The summed E-state index contributed by atoms with van der Waals surface area (Å²) in [5, 5.41) is 2.92. The van der Waals surface area contributed by atoms with Crippen LogP contribution in [0.25, 0.3) is 0 Å². The molecule has 1 rings (SSSR count). The first-order valence-electron chi connectivity index (χ1n) is 4.85. The van der Waals surface area contributed by atoms with Gasteiger partial charge in [-0.1, -0.05) is 18.2 Å². The molecule has 0 radical (unpaired) electrons. The first-order valence-corrected chi connectivity index (χ1v) is 6.61. The van der Waals surface area contributed by atoms with Crippen LogP contribution < -0.4 is 9.84 Å². The van der Waals surface area contributed by atoms with Crippen LogP contribution in [0.2, 0.25) is 0 Å². The molecule has 0 aliphatic carbocycles. The summed E-state index contributed by atoms with van der Waals surface area (Å²) in [7, 11) is -1.68. The van der Waals surface area contributed by atoms with Gasteiger partial charge >= 0.3 is 7.60 Å². The molecule has 15 heavy (non-hydrogen) atoms. The minimum Gasteiger partial charge on any atom is -0.424 e. The van der Waals surface area contributed by atoms with Crippen LogP contribution in [0.1, 0.15) is 6.42 Å². The first-order chi connectivity index (χ1) is 7.14. The molecule has 0 amide bonds. The molecule has 1 atom stereocenters. The van der Waals surface area contributed by atoms with Gasteiger partial charge in [-0.05, 0) is 32.1 Å². The quantitative estimate of drug-likeness (QED) is 0.577. The van der Waals surface area contributed by atoms with Crippen molar-refractivity contribution in [2.75, 3.05) is 19.8 Å². The fourth-order valence-electron chi connectivity index (χ4n) is 1.15. The van der Waals surface area contributed by atoms with E-state index in [0.29, 0.717) is 18.7 Å². The Bertz CT molecular complexity index is 329. The van der Waals surface area contributed by atoms with E-state index >= 15 is 0 Å². The molecule has 0 fully saturated rings.